The average molecular weight is 1320 g/mol. The number of piperidine rings is 2. The van der Waals surface area contributed by atoms with Gasteiger partial charge in [0, 0.05) is 74.3 Å². The summed E-state index contributed by atoms with van der Waals surface area (Å²) in [5, 5.41) is 25.9. The van der Waals surface area contributed by atoms with Gasteiger partial charge in [0.25, 0.3) is 6.47 Å². The molecule has 4 fully saturated rings. The molecule has 10 rings (SSSR count). The Kier molecular flexibility index (Phi) is 26.6. The van der Waals surface area contributed by atoms with Crippen LogP contribution < -0.4 is 87.5 Å². The van der Waals surface area contributed by atoms with Crippen molar-refractivity contribution in [3.8, 4) is 0 Å². The summed E-state index contributed by atoms with van der Waals surface area (Å²) >= 11 is 17.5. The number of hydrogen-bond acceptors (Lipinski definition) is 20. The number of allylic oxidation sites excluding steroid dienone is 1. The van der Waals surface area contributed by atoms with Gasteiger partial charge < -0.3 is 71.2 Å². The molecule has 4 aliphatic rings. The van der Waals surface area contributed by atoms with Crippen LogP contribution in [0.5, 0.6) is 0 Å². The minimum Gasteiger partial charge on any atom is -0.662 e. The molecule has 0 bridgehead atoms. The third-order valence-electron chi connectivity index (χ3n) is 14.9. The second-order valence-electron chi connectivity index (χ2n) is 22.2. The Balaban J connectivity index is 0.000000274. The Morgan fingerprint density at radius 1 is 0.655 bits per heavy atom. The van der Waals surface area contributed by atoms with E-state index in [0.29, 0.717) is 72.5 Å². The van der Waals surface area contributed by atoms with Crippen LogP contribution in [0.2, 0.25) is 10.0 Å². The van der Waals surface area contributed by atoms with E-state index in [4.69, 9.17) is 50.6 Å². The first-order chi connectivity index (χ1) is 40.3. The Bertz CT molecular complexity index is 3480. The van der Waals surface area contributed by atoms with Gasteiger partial charge in [-0.05, 0) is 162 Å². The van der Waals surface area contributed by atoms with Crippen molar-refractivity contribution in [3.63, 3.8) is 0 Å². The van der Waals surface area contributed by atoms with Gasteiger partial charge in [-0.3, -0.25) is 14.4 Å². The van der Waals surface area contributed by atoms with Gasteiger partial charge in [-0.1, -0.05) is 60.6 Å². The fourth-order valence-electron chi connectivity index (χ4n) is 11.0. The minimum atomic E-state index is -2.53. The minimum absolute atomic E-state index is 0. The summed E-state index contributed by atoms with van der Waals surface area (Å²) < 4.78 is 25.5. The zero-order chi connectivity index (χ0) is 61.7. The van der Waals surface area contributed by atoms with Crippen molar-refractivity contribution >= 4 is 159 Å². The van der Waals surface area contributed by atoms with Gasteiger partial charge >= 0.3 is 29.6 Å². The molecule has 0 saturated carbocycles. The first-order valence-electron chi connectivity index (χ1n) is 27.2. The molecule has 4 saturated heterocycles. The molecular weight excluding hydrogens is 1240 g/mol. The van der Waals surface area contributed by atoms with Crippen molar-refractivity contribution in [2.45, 2.75) is 25.7 Å². The molecule has 0 aliphatic carbocycles. The number of carbonyl (C=O) groups is 3. The summed E-state index contributed by atoms with van der Waals surface area (Å²) in [4.78, 5) is 60.3. The summed E-state index contributed by atoms with van der Waals surface area (Å²) in [6.45, 7) is 22.1. The SMILES string of the molecule is C=CC(=O)Cl.C=CC(=O)Nc1cc(Nc2ncc(Cl)c(Nc3ccccc3P(C)(C)=O)n2)ccc1N1CCC2(CC1)CN(C)C2.CN1CC2(CCN(c3ccc(Nc4ncc(Cl)c(Nc5ccccc5P(C)(C)=O)n4)cc3N)CC2)C1.Cl.O=CO[O-].[Na+]. The van der Waals surface area contributed by atoms with E-state index in [1.165, 1.54) is 38.2 Å². The Morgan fingerprint density at radius 3 is 1.41 bits per heavy atom. The maximum atomic E-state index is 12.8. The van der Waals surface area contributed by atoms with Gasteiger partial charge in [-0.2, -0.15) is 9.97 Å². The van der Waals surface area contributed by atoms with E-state index < -0.39 is 19.5 Å². The van der Waals surface area contributed by atoms with Crippen LogP contribution in [-0.2, 0) is 28.4 Å². The maximum Gasteiger partial charge on any atom is 1.00 e. The van der Waals surface area contributed by atoms with Gasteiger partial charge in [0.2, 0.25) is 23.0 Å². The molecule has 1 amide bonds. The molecule has 2 spiro atoms. The van der Waals surface area contributed by atoms with Gasteiger partial charge in [0.15, 0.2) is 11.6 Å². The fraction of sp³-hybridized carbons (Fsp3) is 0.339. The van der Waals surface area contributed by atoms with E-state index in [-0.39, 0.29) is 54.3 Å². The number of aromatic nitrogens is 4. The molecule has 4 aromatic carbocycles. The molecule has 0 radical (unpaired) electrons. The third kappa shape index (κ3) is 19.9. The fourth-order valence-corrected chi connectivity index (χ4v) is 13.6. The number of halogens is 4. The molecule has 4 aliphatic heterocycles. The number of nitrogens with two attached hydrogens (primary N) is 1. The number of rotatable bonds is 16. The number of nitrogens with zero attached hydrogens (tertiary/aromatic N) is 8. The Hall–Kier alpha value is -5.77. The van der Waals surface area contributed by atoms with Crippen LogP contribution in [0.3, 0.4) is 0 Å². The van der Waals surface area contributed by atoms with Crippen LogP contribution in [0.1, 0.15) is 25.7 Å². The number of carbonyl (C=O) groups excluding carboxylic acids is 3. The Morgan fingerprint density at radius 2 is 1.05 bits per heavy atom. The quantitative estimate of drug-likeness (QED) is 0.00811. The summed E-state index contributed by atoms with van der Waals surface area (Å²) in [5.41, 5.74) is 13.8. The van der Waals surface area contributed by atoms with Crippen molar-refractivity contribution < 1.29 is 63.2 Å². The van der Waals surface area contributed by atoms with Crippen molar-refractivity contribution in [2.75, 3.05) is 135 Å². The van der Waals surface area contributed by atoms with Gasteiger partial charge in [0.1, 0.15) is 24.3 Å². The monoisotopic (exact) mass is 1310 g/mol. The zero-order valence-corrected chi connectivity index (χ0v) is 56.7. The number of anilines is 12. The Labute approximate surface area is 552 Å². The van der Waals surface area contributed by atoms with Gasteiger partial charge in [0.05, 0.1) is 46.5 Å². The topological polar surface area (TPSA) is 268 Å². The number of nitrogen functional groups attached to an aromatic ring is 1. The summed E-state index contributed by atoms with van der Waals surface area (Å²) in [5.74, 6) is 1.26. The van der Waals surface area contributed by atoms with Crippen molar-refractivity contribution in [2.24, 2.45) is 10.8 Å². The molecule has 87 heavy (non-hydrogen) atoms. The first kappa shape index (κ1) is 72.0. The average Bonchev–Trinajstić information content (AvgIpc) is 2.54. The normalized spacial score (nSPS) is 15.6. The largest absolute Gasteiger partial charge is 1.00 e. The van der Waals surface area contributed by atoms with Crippen LogP contribution in [0, 0.1) is 10.8 Å². The van der Waals surface area contributed by atoms with Crippen LogP contribution in [0.15, 0.2) is 123 Å². The number of nitrogens with one attached hydrogen (secondary N) is 5. The molecule has 21 nitrogen and oxygen atoms in total. The van der Waals surface area contributed by atoms with E-state index in [0.717, 1.165) is 86.2 Å². The second-order valence-corrected chi connectivity index (χ2v) is 29.8. The molecule has 0 atom stereocenters. The van der Waals surface area contributed by atoms with Crippen LogP contribution >= 0.6 is 61.5 Å². The number of para-hydroxylation sites is 2. The van der Waals surface area contributed by atoms with Crippen LogP contribution in [0.25, 0.3) is 0 Å². The van der Waals surface area contributed by atoms with E-state index in [9.17, 15) is 18.7 Å². The maximum absolute atomic E-state index is 12.8. The number of amides is 1. The van der Waals surface area contributed by atoms with Crippen LogP contribution in [0.4, 0.5) is 69.0 Å². The van der Waals surface area contributed by atoms with E-state index in [1.807, 2.05) is 78.9 Å². The number of hydrogen-bond donors (Lipinski definition) is 6. The van der Waals surface area contributed by atoms with Crippen LogP contribution in [-0.4, -0.2) is 140 Å². The summed E-state index contributed by atoms with van der Waals surface area (Å²) in [6, 6.07) is 26.7. The number of likely N-dealkylation sites (tertiary alicyclic amines) is 2. The predicted molar refractivity (Wildman–Crippen MR) is 353 cm³/mol. The molecular formula is C59H73Cl4N14NaO7P2. The second kappa shape index (κ2) is 32.1. The molecule has 7 N–H and O–H groups in total. The van der Waals surface area contributed by atoms with E-state index in [2.05, 4.69) is 104 Å². The molecule has 0 unspecified atom stereocenters. The summed E-state index contributed by atoms with van der Waals surface area (Å²) in [6.07, 6.45) is 10.0. The molecule has 6 aromatic rings. The van der Waals surface area contributed by atoms with Gasteiger partial charge in [-0.15, -0.1) is 12.4 Å². The number of benzene rings is 4. The van der Waals surface area contributed by atoms with Crippen molar-refractivity contribution in [1.29, 1.82) is 0 Å². The van der Waals surface area contributed by atoms with E-state index in [1.54, 1.807) is 32.9 Å². The molecule has 28 heteroatoms. The first-order valence-corrected chi connectivity index (χ1v) is 33.5. The smallest absolute Gasteiger partial charge is 0.662 e. The zero-order valence-electron chi connectivity index (χ0n) is 49.8. The van der Waals surface area contributed by atoms with Gasteiger partial charge in [-0.25, -0.2) is 9.97 Å². The molecule has 2 aromatic heterocycles. The standard InChI is InChI=1S/C29H35ClN7O2P.C26H33ClN7OP.C3H3ClO.CH2O3.ClH.Na/c1-5-26(38)33-23-16-20(10-11-24(23)37-14-12-29(13-15-37)18-36(2)19-29)32-28-31-17-21(30)27(35-28)34-22-8-6-7-9-25(22)40(3,4)39;1-33-16-26(17-33)10-12-34(13-11-26)22-9-8-18(14-20(22)28)30-25-29-15-19(27)24(32-25)31-21-6-4-5-7-23(21)36(2,3)35;1-2-3(4)5;2-1-4-3;;/h5-11,16-17H,1,12-15,18-19H2,2-4H3,(H,33,38)(H2,31,32,34,35);4-9,14-15H,10-13,16-17,28H2,1-3H3,(H2,29,30,31,32);2H,1H2;1,3H;1H;/q;;;;;+1/p-1. The van der Waals surface area contributed by atoms with Crippen molar-refractivity contribution in [1.82, 2.24) is 29.7 Å². The van der Waals surface area contributed by atoms with Crippen molar-refractivity contribution in [3.05, 3.63) is 133 Å². The molecule has 460 valence electrons. The summed E-state index contributed by atoms with van der Waals surface area (Å²) in [7, 11) is -0.660. The van der Waals surface area contributed by atoms with E-state index >= 15 is 0 Å². The third-order valence-corrected chi connectivity index (χ3v) is 18.7. The predicted octanol–water partition coefficient (Wildman–Crippen LogP) is 7.30. The molecule has 6 heterocycles.